The second kappa shape index (κ2) is 4.64. The number of guanidine groups is 1. The fourth-order valence-electron chi connectivity index (χ4n) is 0.727. The molecule has 0 radical (unpaired) electrons. The zero-order valence-corrected chi connectivity index (χ0v) is 9.37. The van der Waals surface area contributed by atoms with Crippen molar-refractivity contribution >= 4 is 45.8 Å². The van der Waals surface area contributed by atoms with Gasteiger partial charge in [0.05, 0.1) is 10.7 Å². The zero-order chi connectivity index (χ0) is 9.84. The van der Waals surface area contributed by atoms with Crippen LogP contribution in [-0.2, 0) is 0 Å². The molecule has 0 aliphatic heterocycles. The molecule has 0 aliphatic rings. The molecule has 0 saturated carbocycles. The number of rotatable bonds is 1. The minimum atomic E-state index is -0.0943. The lowest BCUT2D eigenvalue weighted by atomic mass is 10.3. The first-order valence-electron chi connectivity index (χ1n) is 3.33. The van der Waals surface area contributed by atoms with Crippen LogP contribution < -0.4 is 11.2 Å². The molecule has 0 aliphatic carbocycles. The Morgan fingerprint density at radius 3 is 2.85 bits per heavy atom. The first-order chi connectivity index (χ1) is 6.13. The molecule has 1 aromatic carbocycles. The Balaban J connectivity index is 3.03. The van der Waals surface area contributed by atoms with Gasteiger partial charge in [0.25, 0.3) is 0 Å². The van der Waals surface area contributed by atoms with Crippen LogP contribution in [0.4, 0.5) is 5.69 Å². The molecule has 0 saturated heterocycles. The molecule has 13 heavy (non-hydrogen) atoms. The summed E-state index contributed by atoms with van der Waals surface area (Å²) in [5, 5.41) is 8.88. The summed E-state index contributed by atoms with van der Waals surface area (Å²) >= 11 is 7.99. The molecule has 0 fully saturated rings. The molecule has 0 spiro atoms. The van der Waals surface area contributed by atoms with E-state index >= 15 is 0 Å². The van der Waals surface area contributed by atoms with E-state index in [4.69, 9.17) is 22.5 Å². The number of nitrogens with one attached hydrogen (secondary N) is 1. The molecule has 0 unspecified atom stereocenters. The maximum absolute atomic E-state index is 8.39. The smallest absolute Gasteiger partial charge is 0.218 e. The van der Waals surface area contributed by atoms with E-state index in [1.165, 1.54) is 0 Å². The average Bonchev–Trinajstić information content (AvgIpc) is 2.09. The van der Waals surface area contributed by atoms with Crippen molar-refractivity contribution in [1.29, 1.82) is 0 Å². The molecule has 6 heteroatoms. The Hall–Kier alpha value is -0.530. The van der Waals surface area contributed by atoms with Crippen LogP contribution in [0.5, 0.6) is 0 Å². The van der Waals surface area contributed by atoms with Crippen molar-refractivity contribution in [1.82, 2.24) is 5.48 Å². The lowest BCUT2D eigenvalue weighted by molar-refractivity contribution is 0.233. The Morgan fingerprint density at radius 1 is 1.62 bits per heavy atom. The van der Waals surface area contributed by atoms with Crippen molar-refractivity contribution in [2.24, 2.45) is 10.7 Å². The quantitative estimate of drug-likeness (QED) is 0.321. The van der Waals surface area contributed by atoms with E-state index in [0.29, 0.717) is 10.7 Å². The normalized spacial score (nSPS) is 11.5. The maximum atomic E-state index is 8.39. The zero-order valence-electron chi connectivity index (χ0n) is 6.46. The molecule has 0 bridgehead atoms. The Kier molecular flexibility index (Phi) is 3.76. The number of hydrogen-bond donors (Lipinski definition) is 3. The summed E-state index contributed by atoms with van der Waals surface area (Å²) in [6.45, 7) is 0. The largest absolute Gasteiger partial charge is 0.368 e. The minimum Gasteiger partial charge on any atom is -0.368 e. The van der Waals surface area contributed by atoms with Gasteiger partial charge in [-0.05, 0) is 40.8 Å². The average molecular weight is 312 g/mol. The molecule has 1 aromatic rings. The number of halogens is 2. The van der Waals surface area contributed by atoms with Crippen LogP contribution in [0.3, 0.4) is 0 Å². The van der Waals surface area contributed by atoms with E-state index in [1.807, 2.05) is 6.07 Å². The predicted octanol–water partition coefficient (Wildman–Crippen LogP) is 1.87. The molecule has 0 aromatic heterocycles. The van der Waals surface area contributed by atoms with Gasteiger partial charge in [-0.2, -0.15) is 0 Å². The van der Waals surface area contributed by atoms with Gasteiger partial charge >= 0.3 is 0 Å². The highest BCUT2D eigenvalue weighted by Crippen LogP contribution is 2.26. The van der Waals surface area contributed by atoms with E-state index in [1.54, 1.807) is 17.6 Å². The van der Waals surface area contributed by atoms with Gasteiger partial charge in [-0.15, -0.1) is 0 Å². The monoisotopic (exact) mass is 311 g/mol. The van der Waals surface area contributed by atoms with Crippen LogP contribution in [0, 0.1) is 3.57 Å². The maximum Gasteiger partial charge on any atom is 0.218 e. The van der Waals surface area contributed by atoms with Gasteiger partial charge in [0, 0.05) is 3.57 Å². The summed E-state index contributed by atoms with van der Waals surface area (Å²) < 4.78 is 1.01. The third kappa shape index (κ3) is 3.02. The summed E-state index contributed by atoms with van der Waals surface area (Å²) in [6, 6.07) is 5.32. The van der Waals surface area contributed by atoms with Crippen LogP contribution in [0.15, 0.2) is 23.2 Å². The highest BCUT2D eigenvalue weighted by molar-refractivity contribution is 14.1. The molecule has 0 heterocycles. The Bertz CT molecular complexity index is 343. The summed E-state index contributed by atoms with van der Waals surface area (Å²) in [5.41, 5.74) is 7.48. The van der Waals surface area contributed by atoms with Crippen LogP contribution >= 0.6 is 34.2 Å². The van der Waals surface area contributed by atoms with Crippen molar-refractivity contribution < 1.29 is 5.21 Å². The van der Waals surface area contributed by atoms with E-state index in [-0.39, 0.29) is 5.96 Å². The van der Waals surface area contributed by atoms with Crippen LogP contribution in [0.2, 0.25) is 5.02 Å². The summed E-state index contributed by atoms with van der Waals surface area (Å²) in [6.07, 6.45) is 0. The highest BCUT2D eigenvalue weighted by Gasteiger charge is 1.99. The van der Waals surface area contributed by atoms with Crippen molar-refractivity contribution in [3.05, 3.63) is 26.8 Å². The minimum absolute atomic E-state index is 0.0943. The Labute approximate surface area is 93.9 Å². The van der Waals surface area contributed by atoms with Gasteiger partial charge in [0.2, 0.25) is 5.96 Å². The first kappa shape index (κ1) is 10.6. The lowest BCUT2D eigenvalue weighted by Crippen LogP contribution is -2.27. The Morgan fingerprint density at radius 2 is 2.31 bits per heavy atom. The molecule has 0 amide bonds. The number of hydrogen-bond acceptors (Lipinski definition) is 2. The van der Waals surface area contributed by atoms with E-state index < -0.39 is 0 Å². The summed E-state index contributed by atoms with van der Waals surface area (Å²) in [4.78, 5) is 3.82. The van der Waals surface area contributed by atoms with Crippen LogP contribution in [-0.4, -0.2) is 11.2 Å². The summed E-state index contributed by atoms with van der Waals surface area (Å²) in [5.74, 6) is -0.0943. The predicted molar refractivity (Wildman–Crippen MR) is 60.4 cm³/mol. The molecule has 70 valence electrons. The highest BCUT2D eigenvalue weighted by atomic mass is 127. The SMILES string of the molecule is NC(=Nc1ccc(I)cc1Cl)NO. The van der Waals surface area contributed by atoms with Gasteiger partial charge < -0.3 is 5.73 Å². The fraction of sp³-hybridized carbons (Fsp3) is 0. The van der Waals surface area contributed by atoms with Gasteiger partial charge in [0.1, 0.15) is 0 Å². The fourth-order valence-corrected chi connectivity index (χ4v) is 1.62. The summed E-state index contributed by atoms with van der Waals surface area (Å²) in [7, 11) is 0. The van der Waals surface area contributed by atoms with Crippen LogP contribution in [0.1, 0.15) is 0 Å². The van der Waals surface area contributed by atoms with E-state index in [9.17, 15) is 0 Å². The molecule has 1 rings (SSSR count). The number of hydroxylamine groups is 1. The number of aliphatic imine (C=N–C) groups is 1. The number of nitrogens with two attached hydrogens (primary N) is 1. The molecular formula is C7H7ClIN3O. The molecule has 4 nitrogen and oxygen atoms in total. The molecule has 0 atom stereocenters. The van der Waals surface area contributed by atoms with Crippen molar-refractivity contribution in [3.63, 3.8) is 0 Å². The molecule has 4 N–H and O–H groups in total. The van der Waals surface area contributed by atoms with Crippen LogP contribution in [0.25, 0.3) is 0 Å². The third-order valence-corrected chi connectivity index (χ3v) is 2.24. The second-order valence-corrected chi connectivity index (χ2v) is 3.86. The molecular weight excluding hydrogens is 304 g/mol. The number of benzene rings is 1. The van der Waals surface area contributed by atoms with Gasteiger partial charge in [-0.1, -0.05) is 11.6 Å². The lowest BCUT2D eigenvalue weighted by Gasteiger charge is -2.00. The van der Waals surface area contributed by atoms with Crippen molar-refractivity contribution in [2.75, 3.05) is 0 Å². The van der Waals surface area contributed by atoms with Gasteiger partial charge in [0.15, 0.2) is 0 Å². The second-order valence-electron chi connectivity index (χ2n) is 2.20. The van der Waals surface area contributed by atoms with Crippen molar-refractivity contribution in [3.8, 4) is 0 Å². The van der Waals surface area contributed by atoms with E-state index in [2.05, 4.69) is 27.6 Å². The number of nitrogens with zero attached hydrogens (tertiary/aromatic N) is 1. The van der Waals surface area contributed by atoms with Crippen molar-refractivity contribution in [2.45, 2.75) is 0 Å². The first-order valence-corrected chi connectivity index (χ1v) is 4.78. The standard InChI is InChI=1S/C7H7ClIN3O/c8-5-3-4(9)1-2-6(5)11-7(10)12-13/h1-3,13H,(H3,10,11,12). The van der Waals surface area contributed by atoms with Gasteiger partial charge in [-0.3, -0.25) is 5.21 Å². The third-order valence-electron chi connectivity index (χ3n) is 1.27. The van der Waals surface area contributed by atoms with Gasteiger partial charge in [-0.25, -0.2) is 10.5 Å². The topological polar surface area (TPSA) is 70.6 Å². The van der Waals surface area contributed by atoms with E-state index in [0.717, 1.165) is 3.57 Å².